The van der Waals surface area contributed by atoms with Gasteiger partial charge in [-0.2, -0.15) is 13.2 Å². The SMILES string of the molecule is C=CC(=O)N1CCN(C2=NC(=C)N3CC(OC)CSc4c(-c5cc(Cl)c(F)cc5F)c(C(F)(F)F)cc2c43)CC1. The molecule has 13 heteroatoms. The van der Waals surface area contributed by atoms with Gasteiger partial charge in [-0.05, 0) is 18.2 Å². The number of thioether (sulfide) groups is 1. The van der Waals surface area contributed by atoms with Crippen LogP contribution in [0.5, 0.6) is 0 Å². The van der Waals surface area contributed by atoms with Gasteiger partial charge in [-0.3, -0.25) is 4.79 Å². The Bertz CT molecular complexity index is 1440. The van der Waals surface area contributed by atoms with E-state index >= 15 is 4.39 Å². The van der Waals surface area contributed by atoms with E-state index in [0.29, 0.717) is 37.9 Å². The summed E-state index contributed by atoms with van der Waals surface area (Å²) < 4.78 is 78.9. The number of rotatable bonds is 3. The number of amides is 1. The van der Waals surface area contributed by atoms with Gasteiger partial charge in [0.2, 0.25) is 5.91 Å². The third-order valence-electron chi connectivity index (χ3n) is 7.10. The van der Waals surface area contributed by atoms with Gasteiger partial charge in [0.1, 0.15) is 23.3 Å². The maximum Gasteiger partial charge on any atom is 0.417 e. The molecule has 0 radical (unpaired) electrons. The van der Waals surface area contributed by atoms with Crippen molar-refractivity contribution in [1.29, 1.82) is 0 Å². The van der Waals surface area contributed by atoms with Crippen LogP contribution in [0.1, 0.15) is 11.1 Å². The number of piperazine rings is 1. The van der Waals surface area contributed by atoms with Crippen molar-refractivity contribution in [3.05, 3.63) is 71.0 Å². The predicted octanol–water partition coefficient (Wildman–Crippen LogP) is 5.79. The minimum absolute atomic E-state index is 0.139. The smallest absolute Gasteiger partial charge is 0.379 e. The fraction of sp³-hybridized carbons (Fsp3) is 0.333. The van der Waals surface area contributed by atoms with E-state index in [1.165, 1.54) is 13.2 Å². The van der Waals surface area contributed by atoms with Gasteiger partial charge in [-0.25, -0.2) is 13.8 Å². The van der Waals surface area contributed by atoms with Crippen molar-refractivity contribution >= 4 is 40.8 Å². The number of alkyl halides is 3. The summed E-state index contributed by atoms with van der Waals surface area (Å²) in [5, 5.41) is -0.502. The molecule has 1 amide bonds. The number of aliphatic imine (C=N–C) groups is 1. The molecule has 1 fully saturated rings. The maximum atomic E-state index is 15.2. The molecule has 2 aromatic rings. The van der Waals surface area contributed by atoms with Crippen LogP contribution in [0.25, 0.3) is 11.1 Å². The number of carbonyl (C=O) groups is 1. The second-order valence-electron chi connectivity index (χ2n) is 9.42. The zero-order valence-electron chi connectivity index (χ0n) is 21.3. The van der Waals surface area contributed by atoms with Crippen molar-refractivity contribution in [2.45, 2.75) is 17.2 Å². The summed E-state index contributed by atoms with van der Waals surface area (Å²) in [7, 11) is 1.50. The summed E-state index contributed by atoms with van der Waals surface area (Å²) >= 11 is 7.01. The standard InChI is InChI=1S/C27H24ClF5N4O2S/c1-4-22(38)35-5-7-36(8-6-35)26-17-9-18(27(31,32)33)23(16-10-19(28)21(30)11-20(16)29)25-24(17)37(14(2)34-26)12-15(39-3)13-40-25/h4,9-11,15H,1-2,5-8,12-13H2,3H3. The molecule has 40 heavy (non-hydrogen) atoms. The van der Waals surface area contributed by atoms with E-state index in [1.807, 2.05) is 4.90 Å². The topological polar surface area (TPSA) is 48.4 Å². The number of anilines is 1. The molecule has 0 aliphatic carbocycles. The lowest BCUT2D eigenvalue weighted by Gasteiger charge is -2.40. The normalized spacial score (nSPS) is 19.3. The molecule has 1 unspecified atom stereocenters. The number of hydrogen-bond acceptors (Lipinski definition) is 6. The fourth-order valence-corrected chi connectivity index (χ4v) is 6.56. The third kappa shape index (κ3) is 4.97. The average molecular weight is 599 g/mol. The summed E-state index contributed by atoms with van der Waals surface area (Å²) in [6, 6.07) is 2.32. The predicted molar refractivity (Wildman–Crippen MR) is 145 cm³/mol. The highest BCUT2D eigenvalue weighted by molar-refractivity contribution is 7.99. The molecule has 0 N–H and O–H groups in total. The molecular formula is C27H24ClF5N4O2S. The Labute approximate surface area is 236 Å². The zero-order chi connectivity index (χ0) is 28.9. The first kappa shape index (κ1) is 28.4. The van der Waals surface area contributed by atoms with Gasteiger partial charge in [-0.15, -0.1) is 11.8 Å². The van der Waals surface area contributed by atoms with Crippen LogP contribution in [-0.4, -0.2) is 73.2 Å². The van der Waals surface area contributed by atoms with E-state index in [0.717, 1.165) is 23.9 Å². The summed E-state index contributed by atoms with van der Waals surface area (Å²) in [6.07, 6.45) is -4.09. The van der Waals surface area contributed by atoms with Crippen molar-refractivity contribution in [2.75, 3.05) is 50.5 Å². The highest BCUT2D eigenvalue weighted by Gasteiger charge is 2.42. The molecule has 5 rings (SSSR count). The Morgan fingerprint density at radius 3 is 2.48 bits per heavy atom. The van der Waals surface area contributed by atoms with Gasteiger partial charge in [0, 0.05) is 66.7 Å². The number of amidine groups is 1. The van der Waals surface area contributed by atoms with Crippen LogP contribution in [-0.2, 0) is 15.7 Å². The molecule has 6 nitrogen and oxygen atoms in total. The van der Waals surface area contributed by atoms with Crippen molar-refractivity contribution in [1.82, 2.24) is 9.80 Å². The van der Waals surface area contributed by atoms with Crippen LogP contribution in [0, 0.1) is 11.6 Å². The van der Waals surface area contributed by atoms with E-state index in [2.05, 4.69) is 18.2 Å². The van der Waals surface area contributed by atoms with Crippen LogP contribution in [0.3, 0.4) is 0 Å². The quantitative estimate of drug-likeness (QED) is 0.254. The number of methoxy groups -OCH3 is 1. The second-order valence-corrected chi connectivity index (χ2v) is 10.9. The minimum Gasteiger partial charge on any atom is -0.379 e. The molecule has 0 saturated carbocycles. The van der Waals surface area contributed by atoms with Gasteiger partial charge in [0.15, 0.2) is 0 Å². The molecule has 0 spiro atoms. The lowest BCUT2D eigenvalue weighted by atomic mass is 9.92. The maximum absolute atomic E-state index is 15.2. The van der Waals surface area contributed by atoms with Crippen LogP contribution >= 0.6 is 23.4 Å². The molecule has 212 valence electrons. The van der Waals surface area contributed by atoms with Gasteiger partial charge >= 0.3 is 6.18 Å². The van der Waals surface area contributed by atoms with Crippen LogP contribution in [0.2, 0.25) is 5.02 Å². The number of benzene rings is 2. The third-order valence-corrected chi connectivity index (χ3v) is 8.61. The average Bonchev–Trinajstić information content (AvgIpc) is 3.12. The molecule has 3 aliphatic heterocycles. The monoisotopic (exact) mass is 598 g/mol. The van der Waals surface area contributed by atoms with Gasteiger partial charge in [-0.1, -0.05) is 24.8 Å². The van der Waals surface area contributed by atoms with Crippen molar-refractivity contribution in [3.63, 3.8) is 0 Å². The summed E-state index contributed by atoms with van der Waals surface area (Å²) in [4.78, 5) is 21.9. The highest BCUT2D eigenvalue weighted by atomic mass is 35.5. The number of hydrogen-bond donors (Lipinski definition) is 0. The van der Waals surface area contributed by atoms with Crippen molar-refractivity contribution in [3.8, 4) is 11.1 Å². The Morgan fingerprint density at radius 2 is 1.85 bits per heavy atom. The molecule has 1 atom stereocenters. The Balaban J connectivity index is 1.75. The number of carbonyl (C=O) groups excluding carboxylic acids is 1. The Kier molecular flexibility index (Phi) is 7.62. The van der Waals surface area contributed by atoms with Gasteiger partial charge in [0.05, 0.1) is 28.9 Å². The first-order chi connectivity index (χ1) is 18.9. The number of ether oxygens (including phenoxy) is 1. The van der Waals surface area contributed by atoms with Gasteiger partial charge in [0.25, 0.3) is 0 Å². The number of nitrogens with zero attached hydrogens (tertiary/aromatic N) is 4. The van der Waals surface area contributed by atoms with Gasteiger partial charge < -0.3 is 19.4 Å². The molecule has 1 saturated heterocycles. The van der Waals surface area contributed by atoms with Crippen LogP contribution in [0.4, 0.5) is 27.6 Å². The molecule has 0 bridgehead atoms. The largest absolute Gasteiger partial charge is 0.417 e. The van der Waals surface area contributed by atoms with Crippen molar-refractivity contribution in [2.24, 2.45) is 4.99 Å². The van der Waals surface area contributed by atoms with Crippen LogP contribution < -0.4 is 4.90 Å². The molecule has 0 aromatic heterocycles. The lowest BCUT2D eigenvalue weighted by molar-refractivity contribution is -0.137. The molecule has 3 heterocycles. The summed E-state index contributed by atoms with van der Waals surface area (Å²) in [5.74, 6) is -1.67. The number of halogens is 6. The lowest BCUT2D eigenvalue weighted by Crippen LogP contribution is -2.51. The highest BCUT2D eigenvalue weighted by Crippen LogP contribution is 2.52. The molecule has 3 aliphatic rings. The second kappa shape index (κ2) is 10.7. The summed E-state index contributed by atoms with van der Waals surface area (Å²) in [6.45, 7) is 9.11. The van der Waals surface area contributed by atoms with E-state index in [1.54, 1.807) is 9.80 Å². The zero-order valence-corrected chi connectivity index (χ0v) is 22.9. The fourth-order valence-electron chi connectivity index (χ4n) is 5.08. The molecule has 2 aromatic carbocycles. The molecular weight excluding hydrogens is 575 g/mol. The van der Waals surface area contributed by atoms with Crippen LogP contribution in [0.15, 0.2) is 53.1 Å². The Morgan fingerprint density at radius 1 is 1.15 bits per heavy atom. The Hall–Kier alpha value is -3.09. The van der Waals surface area contributed by atoms with E-state index < -0.39 is 45.6 Å². The minimum atomic E-state index is -4.90. The van der Waals surface area contributed by atoms with E-state index in [-0.39, 0.29) is 40.3 Å². The first-order valence-electron chi connectivity index (χ1n) is 12.2. The van der Waals surface area contributed by atoms with E-state index in [9.17, 15) is 22.4 Å². The van der Waals surface area contributed by atoms with Crippen molar-refractivity contribution < 1.29 is 31.5 Å². The summed E-state index contributed by atoms with van der Waals surface area (Å²) in [5.41, 5.74) is -1.43. The van der Waals surface area contributed by atoms with E-state index in [4.69, 9.17) is 16.3 Å². The first-order valence-corrected chi connectivity index (χ1v) is 13.6.